The molecule has 1 aliphatic rings. The van der Waals surface area contributed by atoms with Gasteiger partial charge in [0, 0.05) is 5.56 Å². The van der Waals surface area contributed by atoms with E-state index in [9.17, 15) is 14.0 Å². The Labute approximate surface area is 151 Å². The molecule has 132 valence electrons. The number of rotatable bonds is 2. The lowest BCUT2D eigenvalue weighted by Crippen LogP contribution is -2.32. The van der Waals surface area contributed by atoms with Gasteiger partial charge in [0.05, 0.1) is 23.3 Å². The number of benzene rings is 2. The van der Waals surface area contributed by atoms with Crippen molar-refractivity contribution >= 4 is 35.6 Å². The molecule has 0 saturated carbocycles. The first-order chi connectivity index (χ1) is 11.4. The smallest absolute Gasteiger partial charge is 0.241 e. The van der Waals surface area contributed by atoms with Crippen LogP contribution in [0.5, 0.6) is 0 Å². The van der Waals surface area contributed by atoms with Gasteiger partial charge >= 0.3 is 0 Å². The summed E-state index contributed by atoms with van der Waals surface area (Å²) in [5.41, 5.74) is 8.65. The lowest BCUT2D eigenvalue weighted by molar-refractivity contribution is -0.117. The van der Waals surface area contributed by atoms with Gasteiger partial charge in [-0.2, -0.15) is 0 Å². The van der Waals surface area contributed by atoms with Gasteiger partial charge in [-0.1, -0.05) is 12.1 Å². The second-order valence-electron chi connectivity index (χ2n) is 5.95. The Hall–Kier alpha value is -2.44. The van der Waals surface area contributed by atoms with E-state index in [-0.39, 0.29) is 24.2 Å². The molecule has 0 radical (unpaired) electrons. The van der Waals surface area contributed by atoms with Crippen LogP contribution in [0.25, 0.3) is 11.1 Å². The van der Waals surface area contributed by atoms with Crippen molar-refractivity contribution in [1.29, 1.82) is 0 Å². The Morgan fingerprint density at radius 1 is 1.32 bits per heavy atom. The van der Waals surface area contributed by atoms with Gasteiger partial charge in [0.15, 0.2) is 0 Å². The summed E-state index contributed by atoms with van der Waals surface area (Å²) in [5.74, 6) is -1.49. The number of carbonyl (C=O) groups excluding carboxylic acids is 2. The molecule has 25 heavy (non-hydrogen) atoms. The number of fused-ring (bicyclic) bond motifs is 3. The summed E-state index contributed by atoms with van der Waals surface area (Å²) in [6.45, 7) is 3.31. The van der Waals surface area contributed by atoms with Crippen molar-refractivity contribution in [2.24, 2.45) is 5.73 Å². The molecule has 0 aliphatic carbocycles. The topological polar surface area (TPSA) is 84.2 Å². The predicted molar refractivity (Wildman–Crippen MR) is 98.4 cm³/mol. The molecule has 0 aromatic heterocycles. The second kappa shape index (κ2) is 7.21. The van der Waals surface area contributed by atoms with Crippen LogP contribution in [0.1, 0.15) is 25.3 Å². The zero-order valence-corrected chi connectivity index (χ0v) is 14.6. The Morgan fingerprint density at radius 2 is 2.04 bits per heavy atom. The number of carbonyl (C=O) groups is 2. The fourth-order valence-electron chi connectivity index (χ4n) is 2.80. The highest BCUT2D eigenvalue weighted by molar-refractivity contribution is 6.08. The SMILES string of the molecule is CC1C(=O)Nc2cccc(NC(=O)[C@H](C)N)c2-c2ccc(F)cc21.Cl. The monoisotopic (exact) mass is 363 g/mol. The van der Waals surface area contributed by atoms with Crippen LogP contribution in [0.2, 0.25) is 0 Å². The predicted octanol–water partition coefficient (Wildman–Crippen LogP) is 3.26. The number of hydrogen-bond donors (Lipinski definition) is 3. The van der Waals surface area contributed by atoms with E-state index in [4.69, 9.17) is 5.73 Å². The number of anilines is 2. The van der Waals surface area contributed by atoms with Crippen molar-refractivity contribution in [1.82, 2.24) is 0 Å². The number of halogens is 2. The molecule has 0 spiro atoms. The van der Waals surface area contributed by atoms with E-state index in [0.717, 1.165) is 0 Å². The minimum atomic E-state index is -0.673. The molecular formula is C18H19ClFN3O2. The maximum atomic E-state index is 13.7. The van der Waals surface area contributed by atoms with Crippen LogP contribution in [-0.2, 0) is 9.59 Å². The summed E-state index contributed by atoms with van der Waals surface area (Å²) >= 11 is 0. The molecule has 3 rings (SSSR count). The molecule has 1 unspecified atom stereocenters. The van der Waals surface area contributed by atoms with Crippen molar-refractivity contribution in [3.63, 3.8) is 0 Å². The number of nitrogens with one attached hydrogen (secondary N) is 2. The minimum Gasteiger partial charge on any atom is -0.325 e. The fourth-order valence-corrected chi connectivity index (χ4v) is 2.80. The zero-order chi connectivity index (χ0) is 17.4. The first kappa shape index (κ1) is 18.9. The fraction of sp³-hybridized carbons (Fsp3) is 0.222. The van der Waals surface area contributed by atoms with E-state index < -0.39 is 17.8 Å². The van der Waals surface area contributed by atoms with Gasteiger partial charge in [0.1, 0.15) is 5.82 Å². The molecular weight excluding hydrogens is 345 g/mol. The largest absolute Gasteiger partial charge is 0.325 e. The van der Waals surface area contributed by atoms with E-state index in [2.05, 4.69) is 10.6 Å². The lowest BCUT2D eigenvalue weighted by atomic mass is 9.91. The highest BCUT2D eigenvalue weighted by Crippen LogP contribution is 2.42. The van der Waals surface area contributed by atoms with Gasteiger partial charge in [-0.15, -0.1) is 12.4 Å². The van der Waals surface area contributed by atoms with Crippen LogP contribution in [0.4, 0.5) is 15.8 Å². The summed E-state index contributed by atoms with van der Waals surface area (Å²) in [4.78, 5) is 24.3. The molecule has 0 fully saturated rings. The number of nitrogens with two attached hydrogens (primary N) is 1. The third kappa shape index (κ3) is 3.50. The molecule has 0 saturated heterocycles. The summed E-state index contributed by atoms with van der Waals surface area (Å²) in [7, 11) is 0. The highest BCUT2D eigenvalue weighted by Gasteiger charge is 2.27. The molecule has 2 aromatic rings. The summed E-state index contributed by atoms with van der Waals surface area (Å²) < 4.78 is 13.7. The van der Waals surface area contributed by atoms with Gasteiger partial charge in [-0.3, -0.25) is 9.59 Å². The zero-order valence-electron chi connectivity index (χ0n) is 13.8. The third-order valence-electron chi connectivity index (χ3n) is 4.14. The Balaban J connectivity index is 0.00000225. The minimum absolute atomic E-state index is 0. The highest BCUT2D eigenvalue weighted by atomic mass is 35.5. The summed E-state index contributed by atoms with van der Waals surface area (Å²) in [5, 5.41) is 5.61. The summed E-state index contributed by atoms with van der Waals surface area (Å²) in [6.07, 6.45) is 0. The van der Waals surface area contributed by atoms with E-state index >= 15 is 0 Å². The quantitative estimate of drug-likeness (QED) is 0.765. The maximum absolute atomic E-state index is 13.7. The van der Waals surface area contributed by atoms with Crippen LogP contribution < -0.4 is 16.4 Å². The van der Waals surface area contributed by atoms with E-state index in [0.29, 0.717) is 28.1 Å². The summed E-state index contributed by atoms with van der Waals surface area (Å²) in [6, 6.07) is 8.87. The first-order valence-electron chi connectivity index (χ1n) is 7.68. The Kier molecular flexibility index (Phi) is 5.45. The molecule has 4 N–H and O–H groups in total. The third-order valence-corrected chi connectivity index (χ3v) is 4.14. The van der Waals surface area contributed by atoms with Crippen LogP contribution >= 0.6 is 12.4 Å². The molecule has 2 atom stereocenters. The van der Waals surface area contributed by atoms with Gasteiger partial charge in [-0.25, -0.2) is 4.39 Å². The first-order valence-corrected chi connectivity index (χ1v) is 7.68. The van der Waals surface area contributed by atoms with Crippen LogP contribution in [0.15, 0.2) is 36.4 Å². The van der Waals surface area contributed by atoms with Crippen molar-refractivity contribution < 1.29 is 14.0 Å². The van der Waals surface area contributed by atoms with Gasteiger partial charge in [0.2, 0.25) is 11.8 Å². The lowest BCUT2D eigenvalue weighted by Gasteiger charge is -2.16. The second-order valence-corrected chi connectivity index (χ2v) is 5.95. The standard InChI is InChI=1S/C18H18FN3O2.ClH/c1-9-13-8-11(19)6-7-12(13)16-14(21-17(9)23)4-3-5-15(16)22-18(24)10(2)20;/h3-10H,20H2,1-2H3,(H,21,23)(H,22,24);1H/t9?,10-;/m0./s1. The number of hydrogen-bond acceptors (Lipinski definition) is 3. The Morgan fingerprint density at radius 3 is 2.72 bits per heavy atom. The van der Waals surface area contributed by atoms with Gasteiger partial charge in [-0.05, 0) is 49.2 Å². The Bertz CT molecular complexity index is 839. The van der Waals surface area contributed by atoms with E-state index in [1.807, 2.05) is 0 Å². The van der Waals surface area contributed by atoms with Gasteiger partial charge < -0.3 is 16.4 Å². The van der Waals surface area contributed by atoms with Crippen LogP contribution in [0, 0.1) is 5.82 Å². The molecule has 0 bridgehead atoms. The molecule has 5 nitrogen and oxygen atoms in total. The maximum Gasteiger partial charge on any atom is 0.241 e. The molecule has 1 heterocycles. The van der Waals surface area contributed by atoms with Crippen LogP contribution in [0.3, 0.4) is 0 Å². The molecule has 2 amide bonds. The van der Waals surface area contributed by atoms with E-state index in [1.54, 1.807) is 38.1 Å². The van der Waals surface area contributed by atoms with E-state index in [1.165, 1.54) is 12.1 Å². The van der Waals surface area contributed by atoms with Crippen molar-refractivity contribution in [2.45, 2.75) is 25.8 Å². The normalized spacial score (nSPS) is 16.5. The molecule has 7 heteroatoms. The number of amides is 2. The van der Waals surface area contributed by atoms with Crippen LogP contribution in [-0.4, -0.2) is 17.9 Å². The average Bonchev–Trinajstić information content (AvgIpc) is 2.64. The van der Waals surface area contributed by atoms with Crippen molar-refractivity contribution in [2.75, 3.05) is 10.6 Å². The van der Waals surface area contributed by atoms with Crippen molar-refractivity contribution in [3.8, 4) is 11.1 Å². The van der Waals surface area contributed by atoms with Gasteiger partial charge in [0.25, 0.3) is 0 Å². The van der Waals surface area contributed by atoms with Crippen molar-refractivity contribution in [3.05, 3.63) is 47.8 Å². The average molecular weight is 364 g/mol. The molecule has 1 aliphatic heterocycles. The molecule has 2 aromatic carbocycles.